The zero-order valence-electron chi connectivity index (χ0n) is 23.4. The van der Waals surface area contributed by atoms with Crippen LogP contribution in [-0.4, -0.2) is 71.4 Å². The van der Waals surface area contributed by atoms with Gasteiger partial charge in [-0.15, -0.1) is 0 Å². The second-order valence-electron chi connectivity index (χ2n) is 12.4. The maximum Gasteiger partial charge on any atom is 0.319 e. The number of nitrogens with zero attached hydrogens (tertiary/aromatic N) is 4. The zero-order chi connectivity index (χ0) is 29.5. The second-order valence-corrected chi connectivity index (χ2v) is 12.4. The number of anilines is 1. The first-order valence-electron chi connectivity index (χ1n) is 14.9. The van der Waals surface area contributed by atoms with E-state index < -0.39 is 40.5 Å². The summed E-state index contributed by atoms with van der Waals surface area (Å²) in [6.07, 6.45) is 3.02. The number of benzene rings is 3. The summed E-state index contributed by atoms with van der Waals surface area (Å²) in [5.74, 6) is -3.87. The third-order valence-electron chi connectivity index (χ3n) is 9.90. The molecule has 1 N–H and O–H groups in total. The maximum atomic E-state index is 16.6. The van der Waals surface area contributed by atoms with Crippen molar-refractivity contribution in [3.8, 4) is 17.1 Å². The van der Waals surface area contributed by atoms with Crippen LogP contribution < -0.4 is 15.0 Å². The Bertz CT molecular complexity index is 1760. The molecule has 0 amide bonds. The highest BCUT2D eigenvalue weighted by molar-refractivity contribution is 6.01. The van der Waals surface area contributed by atoms with Crippen LogP contribution in [0.2, 0.25) is 0 Å². The number of fused-ring (bicyclic) bond motifs is 6. The molecule has 5 fully saturated rings. The Labute approximate surface area is 244 Å². The molecule has 4 atom stereocenters. The van der Waals surface area contributed by atoms with Gasteiger partial charge in [-0.25, -0.2) is 22.0 Å². The van der Waals surface area contributed by atoms with Crippen molar-refractivity contribution in [1.82, 2.24) is 20.2 Å². The molecule has 0 saturated carbocycles. The van der Waals surface area contributed by atoms with Gasteiger partial charge in [0.2, 0.25) is 0 Å². The van der Waals surface area contributed by atoms with Crippen molar-refractivity contribution >= 4 is 27.5 Å². The van der Waals surface area contributed by atoms with Gasteiger partial charge in [-0.1, -0.05) is 24.3 Å². The quantitative estimate of drug-likeness (QED) is 0.290. The largest absolute Gasteiger partial charge is 0.461 e. The average Bonchev–Trinajstić information content (AvgIpc) is 3.54. The summed E-state index contributed by atoms with van der Waals surface area (Å²) in [5.41, 5.74) is -1.26. The SMILES string of the molecule is Fc1cc2c(N3C[C@@H]4CCC3CN4)nc(OC[C@@]34CCCN3C[C@H](F)C4)nc2c(F)c1-c1cccc2ccc(F)c(F)c12. The van der Waals surface area contributed by atoms with Crippen LogP contribution in [0, 0.1) is 23.3 Å². The van der Waals surface area contributed by atoms with E-state index in [0.29, 0.717) is 37.3 Å². The van der Waals surface area contributed by atoms with Crippen molar-refractivity contribution in [3.05, 3.63) is 59.7 Å². The van der Waals surface area contributed by atoms with Gasteiger partial charge in [0, 0.05) is 48.9 Å². The molecular formula is C32H30F5N5O. The smallest absolute Gasteiger partial charge is 0.319 e. The lowest BCUT2D eigenvalue weighted by atomic mass is 9.92. The Morgan fingerprint density at radius 1 is 1.00 bits per heavy atom. The van der Waals surface area contributed by atoms with Gasteiger partial charge in [-0.3, -0.25) is 4.90 Å². The number of piperazine rings is 1. The lowest BCUT2D eigenvalue weighted by Crippen LogP contribution is -2.61. The predicted molar refractivity (Wildman–Crippen MR) is 153 cm³/mol. The fourth-order valence-corrected chi connectivity index (χ4v) is 7.82. The van der Waals surface area contributed by atoms with E-state index in [1.807, 2.05) is 0 Å². The summed E-state index contributed by atoms with van der Waals surface area (Å²) in [5, 5.41) is 3.75. The van der Waals surface area contributed by atoms with E-state index in [-0.39, 0.29) is 46.6 Å². The number of halogens is 5. The van der Waals surface area contributed by atoms with Crippen molar-refractivity contribution < 1.29 is 26.7 Å². The minimum absolute atomic E-state index is 0.0722. The molecule has 5 aliphatic heterocycles. The zero-order valence-corrected chi connectivity index (χ0v) is 23.4. The highest BCUT2D eigenvalue weighted by atomic mass is 19.2. The Morgan fingerprint density at radius 2 is 1.88 bits per heavy atom. The van der Waals surface area contributed by atoms with Crippen LogP contribution in [0.25, 0.3) is 32.8 Å². The summed E-state index contributed by atoms with van der Waals surface area (Å²) in [6.45, 7) is 2.62. The molecule has 0 aliphatic carbocycles. The number of hydrogen-bond acceptors (Lipinski definition) is 6. The first-order valence-corrected chi connectivity index (χ1v) is 14.9. The van der Waals surface area contributed by atoms with Gasteiger partial charge >= 0.3 is 6.01 Å². The number of hydrogen-bond donors (Lipinski definition) is 1. The molecule has 5 saturated heterocycles. The minimum Gasteiger partial charge on any atom is -0.461 e. The molecule has 224 valence electrons. The first-order chi connectivity index (χ1) is 20.8. The molecular weight excluding hydrogens is 565 g/mol. The highest BCUT2D eigenvalue weighted by Gasteiger charge is 2.49. The number of rotatable bonds is 5. The van der Waals surface area contributed by atoms with Crippen molar-refractivity contribution in [3.63, 3.8) is 0 Å². The van der Waals surface area contributed by atoms with Crippen LogP contribution in [0.15, 0.2) is 36.4 Å². The van der Waals surface area contributed by atoms with Crippen LogP contribution >= 0.6 is 0 Å². The molecule has 6 heterocycles. The molecule has 5 aliphatic rings. The van der Waals surface area contributed by atoms with E-state index in [9.17, 15) is 8.78 Å². The molecule has 43 heavy (non-hydrogen) atoms. The van der Waals surface area contributed by atoms with Crippen molar-refractivity contribution in [2.75, 3.05) is 37.7 Å². The van der Waals surface area contributed by atoms with Crippen molar-refractivity contribution in [2.45, 2.75) is 55.9 Å². The van der Waals surface area contributed by atoms with Crippen molar-refractivity contribution in [2.24, 2.45) is 0 Å². The summed E-state index contributed by atoms with van der Waals surface area (Å²) < 4.78 is 82.5. The second kappa shape index (κ2) is 9.99. The third-order valence-corrected chi connectivity index (χ3v) is 9.90. The van der Waals surface area contributed by atoms with Crippen LogP contribution in [0.3, 0.4) is 0 Å². The Morgan fingerprint density at radius 3 is 2.67 bits per heavy atom. The molecule has 1 unspecified atom stereocenters. The highest BCUT2D eigenvalue weighted by Crippen LogP contribution is 2.43. The molecule has 0 radical (unpaired) electrons. The Balaban J connectivity index is 1.29. The van der Waals surface area contributed by atoms with E-state index in [0.717, 1.165) is 38.3 Å². The van der Waals surface area contributed by atoms with Gasteiger partial charge in [0.15, 0.2) is 17.5 Å². The van der Waals surface area contributed by atoms with Crippen LogP contribution in [0.1, 0.15) is 32.1 Å². The van der Waals surface area contributed by atoms with Crippen molar-refractivity contribution in [1.29, 1.82) is 0 Å². The number of nitrogens with one attached hydrogen (secondary N) is 1. The van der Waals surface area contributed by atoms with E-state index in [1.165, 1.54) is 18.2 Å². The molecule has 3 aromatic carbocycles. The van der Waals surface area contributed by atoms with Crippen LogP contribution in [-0.2, 0) is 0 Å². The Hall–Kier alpha value is -3.57. The summed E-state index contributed by atoms with van der Waals surface area (Å²) in [7, 11) is 0. The van der Waals surface area contributed by atoms with Gasteiger partial charge < -0.3 is 15.0 Å². The summed E-state index contributed by atoms with van der Waals surface area (Å²) in [4.78, 5) is 13.3. The van der Waals surface area contributed by atoms with E-state index in [4.69, 9.17) is 9.72 Å². The molecule has 11 heteroatoms. The van der Waals surface area contributed by atoms with Gasteiger partial charge in [0.1, 0.15) is 29.9 Å². The topological polar surface area (TPSA) is 53.5 Å². The molecule has 9 rings (SSSR count). The number of ether oxygens (including phenoxy) is 1. The Kier molecular flexibility index (Phi) is 6.27. The normalized spacial score (nSPS) is 27.0. The number of aromatic nitrogens is 2. The van der Waals surface area contributed by atoms with Gasteiger partial charge in [-0.2, -0.15) is 9.97 Å². The van der Waals surface area contributed by atoms with Crippen LogP contribution in [0.5, 0.6) is 6.01 Å². The lowest BCUT2D eigenvalue weighted by molar-refractivity contribution is 0.107. The van der Waals surface area contributed by atoms with Gasteiger partial charge in [0.25, 0.3) is 0 Å². The fourth-order valence-electron chi connectivity index (χ4n) is 7.82. The van der Waals surface area contributed by atoms with Gasteiger partial charge in [-0.05, 0) is 55.3 Å². The molecule has 1 aromatic heterocycles. The minimum atomic E-state index is -1.18. The summed E-state index contributed by atoms with van der Waals surface area (Å²) >= 11 is 0. The maximum absolute atomic E-state index is 16.6. The fraction of sp³-hybridized carbons (Fsp3) is 0.438. The average molecular weight is 596 g/mol. The standard InChI is InChI=1S/C32H30F5N5O/c33-18-12-32(9-2-10-41(32)14-18)16-43-31-39-29-22(30(40-31)42-15-19-6-7-20(42)13-38-19)11-24(35)26(28(29)37)21-4-1-3-17-5-8-23(34)27(36)25(17)21/h1,3-5,8,11,18-20,38H,2,6-7,9-10,12-16H2/t18-,19+,20?,32+/m1/s1. The predicted octanol–water partition coefficient (Wildman–Crippen LogP) is 5.90. The monoisotopic (exact) mass is 595 g/mol. The molecule has 2 bridgehead atoms. The molecule has 4 aromatic rings. The first kappa shape index (κ1) is 27.0. The van der Waals surface area contributed by atoms with E-state index >= 15 is 13.2 Å². The van der Waals surface area contributed by atoms with E-state index in [1.54, 1.807) is 12.1 Å². The summed E-state index contributed by atoms with van der Waals surface area (Å²) in [6, 6.07) is 8.22. The number of alkyl halides is 1. The van der Waals surface area contributed by atoms with Crippen LogP contribution in [0.4, 0.5) is 27.8 Å². The lowest BCUT2D eigenvalue weighted by Gasteiger charge is -2.46. The molecule has 6 nitrogen and oxygen atoms in total. The third kappa shape index (κ3) is 4.26. The number of piperidine rings is 2. The van der Waals surface area contributed by atoms with Gasteiger partial charge in [0.05, 0.1) is 11.1 Å². The molecule has 0 spiro atoms. The van der Waals surface area contributed by atoms with E-state index in [2.05, 4.69) is 20.1 Å².